The Bertz CT molecular complexity index is 1920. The predicted molar refractivity (Wildman–Crippen MR) is 204 cm³/mol. The third-order valence-corrected chi connectivity index (χ3v) is 10.5. The highest BCUT2D eigenvalue weighted by molar-refractivity contribution is 6.06. The minimum Gasteiger partial charge on any atom is -0.490 e. The third kappa shape index (κ3) is 9.60. The maximum Gasteiger partial charge on any atom is 0.280 e. The highest BCUT2D eigenvalue weighted by Crippen LogP contribution is 2.34. The second kappa shape index (κ2) is 17.5. The van der Waals surface area contributed by atoms with Crippen LogP contribution < -0.4 is 20.3 Å². The SMILES string of the molecule is CC(C)Oc1cc2nc(C3CCCCC3)cn2cc1C(=O)Nc1cccc(C(F)F)n1.CN(C)C1CCN(c2ccc(C3CCC(=O)NC3=O)cc2)CC1. The first-order valence-corrected chi connectivity index (χ1v) is 19.1. The number of ether oxygens (including phenoxy) is 1. The fourth-order valence-electron chi connectivity index (χ4n) is 7.55. The quantitative estimate of drug-likeness (QED) is 0.169. The first-order chi connectivity index (χ1) is 25.9. The van der Waals surface area contributed by atoms with Gasteiger partial charge in [-0.3, -0.25) is 19.7 Å². The van der Waals surface area contributed by atoms with Crippen molar-refractivity contribution < 1.29 is 27.9 Å². The maximum absolute atomic E-state index is 13.0. The molecular formula is C41H51F2N7O4. The van der Waals surface area contributed by atoms with Crippen LogP contribution in [0, 0.1) is 0 Å². The normalized spacial score (nSPS) is 18.5. The smallest absolute Gasteiger partial charge is 0.280 e. The highest BCUT2D eigenvalue weighted by atomic mass is 19.3. The summed E-state index contributed by atoms with van der Waals surface area (Å²) < 4.78 is 33.6. The molecule has 5 heterocycles. The number of nitrogens with one attached hydrogen (secondary N) is 2. The summed E-state index contributed by atoms with van der Waals surface area (Å²) in [5.41, 5.74) is 3.86. The Balaban J connectivity index is 0.000000193. The number of anilines is 2. The molecule has 4 aromatic rings. The molecule has 3 aliphatic rings. The Hall–Kier alpha value is -4.91. The fourth-order valence-corrected chi connectivity index (χ4v) is 7.55. The number of alkyl halides is 2. The largest absolute Gasteiger partial charge is 0.490 e. The maximum atomic E-state index is 13.0. The molecule has 3 aromatic heterocycles. The van der Waals surface area contributed by atoms with E-state index in [4.69, 9.17) is 9.72 Å². The summed E-state index contributed by atoms with van der Waals surface area (Å²) in [6, 6.07) is 14.8. The van der Waals surface area contributed by atoms with Crippen molar-refractivity contribution in [2.75, 3.05) is 37.4 Å². The number of imidazole rings is 1. The molecule has 54 heavy (non-hydrogen) atoms. The molecule has 7 rings (SSSR count). The summed E-state index contributed by atoms with van der Waals surface area (Å²) in [5.74, 6) is -0.113. The van der Waals surface area contributed by atoms with E-state index >= 15 is 0 Å². The molecule has 13 heteroatoms. The van der Waals surface area contributed by atoms with Crippen LogP contribution in [-0.2, 0) is 9.59 Å². The number of rotatable bonds is 9. The Morgan fingerprint density at radius 1 is 0.944 bits per heavy atom. The molecule has 2 aliphatic heterocycles. The Kier molecular flexibility index (Phi) is 12.6. The van der Waals surface area contributed by atoms with Crippen molar-refractivity contribution in [2.45, 2.75) is 102 Å². The van der Waals surface area contributed by atoms with Crippen molar-refractivity contribution >= 4 is 34.9 Å². The van der Waals surface area contributed by atoms with Gasteiger partial charge in [0.25, 0.3) is 12.3 Å². The van der Waals surface area contributed by atoms with Crippen LogP contribution >= 0.6 is 0 Å². The minimum atomic E-state index is -2.71. The van der Waals surface area contributed by atoms with Gasteiger partial charge >= 0.3 is 0 Å². The molecule has 1 unspecified atom stereocenters. The van der Waals surface area contributed by atoms with Gasteiger partial charge < -0.3 is 24.3 Å². The van der Waals surface area contributed by atoms with Crippen molar-refractivity contribution in [1.29, 1.82) is 0 Å². The van der Waals surface area contributed by atoms with Crippen LogP contribution in [0.2, 0.25) is 0 Å². The number of nitrogens with zero attached hydrogens (tertiary/aromatic N) is 5. The lowest BCUT2D eigenvalue weighted by Crippen LogP contribution is -2.42. The number of piperidine rings is 2. The van der Waals surface area contributed by atoms with Gasteiger partial charge in [-0.15, -0.1) is 0 Å². The van der Waals surface area contributed by atoms with Crippen LogP contribution in [0.3, 0.4) is 0 Å². The van der Waals surface area contributed by atoms with Crippen LogP contribution in [0.1, 0.15) is 117 Å². The second-order valence-electron chi connectivity index (χ2n) is 15.0. The van der Waals surface area contributed by atoms with Crippen LogP contribution in [-0.4, -0.2) is 76.3 Å². The van der Waals surface area contributed by atoms with Crippen molar-refractivity contribution in [3.8, 4) is 5.75 Å². The molecule has 1 aliphatic carbocycles. The number of carbonyl (C=O) groups is 3. The standard InChI is InChI=1S/C23H26F2N4O2.C18H25N3O2/c1-14(2)31-19-11-21-27-18(15-7-4-3-5-8-15)13-29(21)12-16(19)23(30)28-20-10-6-9-17(26-20)22(24)25;1-20(2)14-9-11-21(12-10-14)15-5-3-13(4-6-15)16-7-8-17(22)19-18(16)23/h6,9-15,22H,3-5,7-8H2,1-2H3,(H,26,28,30);3-6,14,16H,7-12H2,1-2H3,(H,19,22,23). The zero-order valence-electron chi connectivity index (χ0n) is 31.6. The molecule has 2 N–H and O–H groups in total. The Morgan fingerprint density at radius 2 is 1.67 bits per heavy atom. The molecule has 3 amide bonds. The highest BCUT2D eigenvalue weighted by Gasteiger charge is 2.28. The van der Waals surface area contributed by atoms with E-state index in [0.29, 0.717) is 36.2 Å². The number of amides is 3. The van der Waals surface area contributed by atoms with Crippen molar-refractivity contribution in [1.82, 2.24) is 24.6 Å². The topological polar surface area (TPSA) is 121 Å². The molecular weight excluding hydrogens is 692 g/mol. The summed E-state index contributed by atoms with van der Waals surface area (Å²) in [6.45, 7) is 5.89. The molecule has 11 nitrogen and oxygen atoms in total. The first-order valence-electron chi connectivity index (χ1n) is 19.1. The number of fused-ring (bicyclic) bond motifs is 1. The summed E-state index contributed by atoms with van der Waals surface area (Å²) >= 11 is 0. The molecule has 288 valence electrons. The van der Waals surface area contributed by atoms with Gasteiger partial charge in [0.1, 0.15) is 22.9 Å². The average Bonchev–Trinajstić information content (AvgIpc) is 3.58. The first kappa shape index (κ1) is 38.8. The molecule has 0 spiro atoms. The number of carbonyl (C=O) groups excluding carboxylic acids is 3. The van der Waals surface area contributed by atoms with Crippen LogP contribution in [0.25, 0.3) is 5.65 Å². The zero-order chi connectivity index (χ0) is 38.4. The number of halogens is 2. The van der Waals surface area contributed by atoms with Crippen LogP contribution in [0.15, 0.2) is 60.9 Å². The number of aromatic nitrogens is 3. The summed E-state index contributed by atoms with van der Waals surface area (Å²) in [5, 5.41) is 5.03. The lowest BCUT2D eigenvalue weighted by atomic mass is 9.87. The summed E-state index contributed by atoms with van der Waals surface area (Å²) in [6.07, 6.45) is 10.1. The average molecular weight is 744 g/mol. The van der Waals surface area contributed by atoms with Gasteiger partial charge in [0.15, 0.2) is 0 Å². The monoisotopic (exact) mass is 743 g/mol. The second-order valence-corrected chi connectivity index (χ2v) is 15.0. The molecule has 1 saturated carbocycles. The van der Waals surface area contributed by atoms with E-state index in [2.05, 4.69) is 51.6 Å². The van der Waals surface area contributed by atoms with E-state index in [-0.39, 0.29) is 35.2 Å². The molecule has 0 radical (unpaired) electrons. The van der Waals surface area contributed by atoms with E-state index in [1.807, 2.05) is 36.6 Å². The van der Waals surface area contributed by atoms with Gasteiger partial charge in [0.05, 0.1) is 23.3 Å². The Morgan fingerprint density at radius 3 is 2.31 bits per heavy atom. The molecule has 1 aromatic carbocycles. The number of pyridine rings is 2. The van der Waals surface area contributed by atoms with Crippen LogP contribution in [0.4, 0.5) is 20.3 Å². The number of imide groups is 1. The number of hydrogen-bond donors (Lipinski definition) is 2. The van der Waals surface area contributed by atoms with Crippen molar-refractivity contribution in [3.05, 3.63) is 83.4 Å². The van der Waals surface area contributed by atoms with Gasteiger partial charge in [-0.1, -0.05) is 37.5 Å². The van der Waals surface area contributed by atoms with E-state index in [1.54, 1.807) is 12.3 Å². The molecule has 0 bridgehead atoms. The third-order valence-electron chi connectivity index (χ3n) is 10.5. The number of benzene rings is 1. The van der Waals surface area contributed by atoms with E-state index in [1.165, 1.54) is 56.0 Å². The van der Waals surface area contributed by atoms with Crippen molar-refractivity contribution in [2.24, 2.45) is 0 Å². The van der Waals surface area contributed by atoms with Gasteiger partial charge in [-0.2, -0.15) is 0 Å². The molecule has 2 saturated heterocycles. The molecule has 1 atom stereocenters. The van der Waals surface area contributed by atoms with E-state index in [9.17, 15) is 23.2 Å². The van der Waals surface area contributed by atoms with Gasteiger partial charge in [0, 0.05) is 55.6 Å². The minimum absolute atomic E-state index is 0.0620. The van der Waals surface area contributed by atoms with Gasteiger partial charge in [-0.05, 0) is 89.9 Å². The zero-order valence-corrected chi connectivity index (χ0v) is 31.6. The summed E-state index contributed by atoms with van der Waals surface area (Å²) in [4.78, 5) is 49.5. The lowest BCUT2D eigenvalue weighted by Gasteiger charge is -2.36. The van der Waals surface area contributed by atoms with Crippen LogP contribution in [0.5, 0.6) is 5.75 Å². The number of hydrogen-bond acceptors (Lipinski definition) is 8. The van der Waals surface area contributed by atoms with E-state index in [0.717, 1.165) is 37.2 Å². The molecule has 3 fully saturated rings. The van der Waals surface area contributed by atoms with Gasteiger partial charge in [-0.25, -0.2) is 18.7 Å². The fraction of sp³-hybridized carbons (Fsp3) is 0.488. The van der Waals surface area contributed by atoms with E-state index < -0.39 is 18.0 Å². The van der Waals surface area contributed by atoms with Gasteiger partial charge in [0.2, 0.25) is 11.8 Å². The Labute approximate surface area is 315 Å². The summed E-state index contributed by atoms with van der Waals surface area (Å²) in [7, 11) is 4.30. The predicted octanol–water partition coefficient (Wildman–Crippen LogP) is 7.49. The lowest BCUT2D eigenvalue weighted by molar-refractivity contribution is -0.134. The van der Waals surface area contributed by atoms with Crippen molar-refractivity contribution in [3.63, 3.8) is 0 Å².